The maximum Gasteiger partial charge on any atom is 0.327 e. The number of hydrogen-bond acceptors (Lipinski definition) is 3. The highest BCUT2D eigenvalue weighted by Crippen LogP contribution is 2.18. The number of carboxylic acid groups (broad SMARTS) is 1. The highest BCUT2D eigenvalue weighted by atomic mass is 16.4. The van der Waals surface area contributed by atoms with Gasteiger partial charge in [-0.2, -0.15) is 0 Å². The molecule has 0 spiro atoms. The number of carbonyl (C=O) groups is 3. The fraction of sp³-hybridized carbons (Fsp3) is 0.214. The third-order valence-corrected chi connectivity index (χ3v) is 3.00. The van der Waals surface area contributed by atoms with E-state index in [-0.39, 0.29) is 12.0 Å². The van der Waals surface area contributed by atoms with Gasteiger partial charge in [0.1, 0.15) is 6.04 Å². The van der Waals surface area contributed by atoms with Gasteiger partial charge in [0.15, 0.2) is 0 Å². The van der Waals surface area contributed by atoms with Crippen LogP contribution in [-0.2, 0) is 20.8 Å². The minimum Gasteiger partial charge on any atom is -0.480 e. The van der Waals surface area contributed by atoms with Gasteiger partial charge in [0.2, 0.25) is 0 Å². The van der Waals surface area contributed by atoms with Crippen molar-refractivity contribution >= 4 is 17.8 Å². The summed E-state index contributed by atoms with van der Waals surface area (Å²) in [6, 6.07) is 7.74. The van der Waals surface area contributed by atoms with Gasteiger partial charge in [0.25, 0.3) is 11.8 Å². The predicted octanol–water partition coefficient (Wildman–Crippen LogP) is 0.997. The van der Waals surface area contributed by atoms with Crippen molar-refractivity contribution in [3.8, 4) is 0 Å². The maximum atomic E-state index is 11.8. The quantitative estimate of drug-likeness (QED) is 0.818. The predicted molar refractivity (Wildman–Crippen MR) is 67.2 cm³/mol. The highest BCUT2D eigenvalue weighted by Gasteiger charge is 2.38. The fourth-order valence-electron chi connectivity index (χ4n) is 2.03. The molecule has 0 saturated carbocycles. The Hall–Kier alpha value is -2.43. The third kappa shape index (κ3) is 2.54. The van der Waals surface area contributed by atoms with Crippen molar-refractivity contribution in [2.24, 2.45) is 0 Å². The molecular weight excluding hydrogens is 246 g/mol. The van der Waals surface area contributed by atoms with E-state index >= 15 is 0 Å². The van der Waals surface area contributed by atoms with Gasteiger partial charge in [0.05, 0.1) is 0 Å². The van der Waals surface area contributed by atoms with Crippen LogP contribution >= 0.6 is 0 Å². The molecule has 2 rings (SSSR count). The van der Waals surface area contributed by atoms with Crippen LogP contribution in [0.15, 0.2) is 42.0 Å². The summed E-state index contributed by atoms with van der Waals surface area (Å²) in [7, 11) is 0. The molecule has 1 N–H and O–H groups in total. The lowest BCUT2D eigenvalue weighted by molar-refractivity contribution is -0.153. The lowest BCUT2D eigenvalue weighted by Crippen LogP contribution is -2.46. The molecular formula is C14H13NO4. The molecule has 1 aliphatic rings. The Morgan fingerprint density at radius 3 is 2.37 bits per heavy atom. The Balaban J connectivity index is 2.25. The average molecular weight is 259 g/mol. The second kappa shape index (κ2) is 5.06. The molecule has 1 aliphatic heterocycles. The summed E-state index contributed by atoms with van der Waals surface area (Å²) < 4.78 is 0. The normalized spacial score (nSPS) is 16.5. The van der Waals surface area contributed by atoms with Crippen molar-refractivity contribution in [2.75, 3.05) is 0 Å². The van der Waals surface area contributed by atoms with E-state index in [9.17, 15) is 19.5 Å². The van der Waals surface area contributed by atoms with E-state index in [2.05, 4.69) is 0 Å². The number of aliphatic carboxylic acids is 1. The van der Waals surface area contributed by atoms with E-state index in [1.54, 1.807) is 24.3 Å². The first-order valence-electron chi connectivity index (χ1n) is 5.83. The first-order chi connectivity index (χ1) is 9.00. The monoisotopic (exact) mass is 259 g/mol. The van der Waals surface area contributed by atoms with Crippen molar-refractivity contribution in [1.29, 1.82) is 0 Å². The topological polar surface area (TPSA) is 74.7 Å². The number of carbonyl (C=O) groups excluding carboxylic acids is 2. The van der Waals surface area contributed by atoms with Crippen LogP contribution in [0, 0.1) is 0 Å². The molecule has 1 atom stereocenters. The Labute approximate surface area is 110 Å². The van der Waals surface area contributed by atoms with E-state index in [0.717, 1.165) is 10.5 Å². The molecule has 1 aromatic rings. The molecule has 1 heterocycles. The largest absolute Gasteiger partial charge is 0.480 e. The van der Waals surface area contributed by atoms with Crippen molar-refractivity contribution in [3.63, 3.8) is 0 Å². The van der Waals surface area contributed by atoms with Gasteiger partial charge >= 0.3 is 5.97 Å². The summed E-state index contributed by atoms with van der Waals surface area (Å²) in [4.78, 5) is 35.7. The summed E-state index contributed by atoms with van der Waals surface area (Å²) in [5, 5.41) is 9.25. The molecule has 5 heteroatoms. The van der Waals surface area contributed by atoms with Crippen molar-refractivity contribution < 1.29 is 19.5 Å². The van der Waals surface area contributed by atoms with Crippen LogP contribution in [0.3, 0.4) is 0 Å². The molecule has 0 bridgehead atoms. The first-order valence-corrected chi connectivity index (χ1v) is 5.83. The molecule has 0 radical (unpaired) electrons. The lowest BCUT2D eigenvalue weighted by atomic mass is 10.0. The molecule has 0 aliphatic carbocycles. The zero-order valence-corrected chi connectivity index (χ0v) is 10.4. The van der Waals surface area contributed by atoms with Crippen LogP contribution in [-0.4, -0.2) is 33.8 Å². The smallest absolute Gasteiger partial charge is 0.327 e. The van der Waals surface area contributed by atoms with Gasteiger partial charge in [-0.25, -0.2) is 4.79 Å². The minimum atomic E-state index is -1.19. The number of imide groups is 1. The maximum absolute atomic E-state index is 11.8. The Morgan fingerprint density at radius 1 is 1.26 bits per heavy atom. The molecule has 98 valence electrons. The van der Waals surface area contributed by atoms with Crippen LogP contribution in [0.2, 0.25) is 0 Å². The summed E-state index contributed by atoms with van der Waals surface area (Å²) in [6.07, 6.45) is 1.28. The third-order valence-electron chi connectivity index (χ3n) is 3.00. The Kier molecular flexibility index (Phi) is 3.46. The molecule has 2 amide bonds. The van der Waals surface area contributed by atoms with Crippen LogP contribution in [0.5, 0.6) is 0 Å². The highest BCUT2D eigenvalue weighted by molar-refractivity contribution is 6.17. The fourth-order valence-corrected chi connectivity index (χ4v) is 2.03. The molecule has 0 fully saturated rings. The van der Waals surface area contributed by atoms with Crippen molar-refractivity contribution in [2.45, 2.75) is 19.4 Å². The van der Waals surface area contributed by atoms with Gasteiger partial charge in [-0.05, 0) is 12.5 Å². The summed E-state index contributed by atoms with van der Waals surface area (Å²) in [5.41, 5.74) is 1.03. The SMILES string of the molecule is CC1=CC(=O)N(C(Cc2ccccc2)C(=O)O)C1=O. The molecule has 19 heavy (non-hydrogen) atoms. The zero-order valence-electron chi connectivity index (χ0n) is 10.4. The van der Waals surface area contributed by atoms with Gasteiger partial charge in [-0.15, -0.1) is 0 Å². The van der Waals surface area contributed by atoms with Gasteiger partial charge in [-0.1, -0.05) is 30.3 Å². The summed E-state index contributed by atoms with van der Waals surface area (Å²) in [6.45, 7) is 1.50. The molecule has 1 unspecified atom stereocenters. The number of hydrogen-bond donors (Lipinski definition) is 1. The molecule has 5 nitrogen and oxygen atoms in total. The number of benzene rings is 1. The number of carboxylic acids is 1. The summed E-state index contributed by atoms with van der Waals surface area (Å²) >= 11 is 0. The molecule has 0 saturated heterocycles. The lowest BCUT2D eigenvalue weighted by Gasteiger charge is -2.22. The Morgan fingerprint density at radius 2 is 1.89 bits per heavy atom. The van der Waals surface area contributed by atoms with Crippen LogP contribution in [0.4, 0.5) is 0 Å². The van der Waals surface area contributed by atoms with E-state index < -0.39 is 23.8 Å². The zero-order chi connectivity index (χ0) is 14.0. The van der Waals surface area contributed by atoms with Gasteiger partial charge in [0, 0.05) is 18.1 Å². The first kappa shape index (κ1) is 13.0. The van der Waals surface area contributed by atoms with E-state index in [4.69, 9.17) is 0 Å². The second-order valence-electron chi connectivity index (χ2n) is 4.38. The van der Waals surface area contributed by atoms with E-state index in [0.29, 0.717) is 0 Å². The molecule has 1 aromatic carbocycles. The van der Waals surface area contributed by atoms with Gasteiger partial charge in [-0.3, -0.25) is 14.5 Å². The average Bonchev–Trinajstić information content (AvgIpc) is 2.62. The number of rotatable bonds is 4. The van der Waals surface area contributed by atoms with Crippen LogP contribution in [0.25, 0.3) is 0 Å². The minimum absolute atomic E-state index is 0.106. The number of nitrogens with zero attached hydrogens (tertiary/aromatic N) is 1. The van der Waals surface area contributed by atoms with E-state index in [1.807, 2.05) is 6.07 Å². The number of amides is 2. The van der Waals surface area contributed by atoms with Gasteiger partial charge < -0.3 is 5.11 Å². The standard InChI is InChI=1S/C14H13NO4/c1-9-7-12(16)15(13(9)17)11(14(18)19)8-10-5-3-2-4-6-10/h2-7,11H,8H2,1H3,(H,18,19). The molecule has 0 aromatic heterocycles. The van der Waals surface area contributed by atoms with Crippen molar-refractivity contribution in [1.82, 2.24) is 4.90 Å². The second-order valence-corrected chi connectivity index (χ2v) is 4.38. The van der Waals surface area contributed by atoms with Crippen LogP contribution in [0.1, 0.15) is 12.5 Å². The van der Waals surface area contributed by atoms with Crippen molar-refractivity contribution in [3.05, 3.63) is 47.5 Å². The summed E-state index contributed by atoms with van der Waals surface area (Å²) in [5.74, 6) is -2.28. The Bertz CT molecular complexity index is 562. The van der Waals surface area contributed by atoms with Crippen LogP contribution < -0.4 is 0 Å². The van der Waals surface area contributed by atoms with E-state index in [1.165, 1.54) is 13.0 Å².